The van der Waals surface area contributed by atoms with Crippen LogP contribution in [0.15, 0.2) is 54.9 Å². The zero-order chi connectivity index (χ0) is 29.2. The molecule has 3 aromatic rings. The van der Waals surface area contributed by atoms with Gasteiger partial charge in [-0.1, -0.05) is 43.1 Å². The summed E-state index contributed by atoms with van der Waals surface area (Å²) >= 11 is 12.3. The minimum absolute atomic E-state index is 0.318. The second-order valence-electron chi connectivity index (χ2n) is 11.4. The first-order valence-electron chi connectivity index (χ1n) is 14.1. The van der Waals surface area contributed by atoms with Crippen LogP contribution in [0.5, 0.6) is 5.75 Å². The molecule has 5 rings (SSSR count). The van der Waals surface area contributed by atoms with E-state index in [4.69, 9.17) is 43.1 Å². The van der Waals surface area contributed by atoms with Crippen LogP contribution in [0.25, 0.3) is 11.1 Å². The highest BCUT2D eigenvalue weighted by atomic mass is 35.5. The van der Waals surface area contributed by atoms with Crippen molar-refractivity contribution in [1.29, 1.82) is 0 Å². The van der Waals surface area contributed by atoms with Gasteiger partial charge in [-0.3, -0.25) is 0 Å². The van der Waals surface area contributed by atoms with Gasteiger partial charge in [0.1, 0.15) is 24.0 Å². The monoisotopic (exact) mass is 601 g/mol. The Bertz CT molecular complexity index is 1250. The fourth-order valence-corrected chi connectivity index (χ4v) is 5.31. The van der Waals surface area contributed by atoms with Crippen molar-refractivity contribution in [2.24, 2.45) is 11.7 Å². The van der Waals surface area contributed by atoms with Gasteiger partial charge in [0.25, 0.3) is 0 Å². The molecule has 0 bridgehead atoms. The lowest BCUT2D eigenvalue weighted by Gasteiger charge is -2.26. The molecule has 0 radical (unpaired) electrons. The summed E-state index contributed by atoms with van der Waals surface area (Å²) in [5, 5.41) is 7.97. The Kier molecular flexibility index (Phi) is 11.5. The van der Waals surface area contributed by atoms with Gasteiger partial charge in [0.05, 0.1) is 30.3 Å². The Hall–Kier alpha value is -2.62. The zero-order valence-electron chi connectivity index (χ0n) is 24.0. The molecule has 41 heavy (non-hydrogen) atoms. The topological polar surface area (TPSA) is 104 Å². The first kappa shape index (κ1) is 31.3. The number of nitrogens with two attached hydrogens (primary N) is 1. The molecule has 4 heterocycles. The molecule has 2 unspecified atom stereocenters. The van der Waals surface area contributed by atoms with Crippen molar-refractivity contribution in [3.63, 3.8) is 0 Å². The highest BCUT2D eigenvalue weighted by Crippen LogP contribution is 2.32. The molecular formula is C31H41Cl2N5O3. The van der Waals surface area contributed by atoms with Gasteiger partial charge < -0.3 is 30.6 Å². The second-order valence-corrected chi connectivity index (χ2v) is 12.2. The average Bonchev–Trinajstić information content (AvgIpc) is 3.63. The second kappa shape index (κ2) is 15.0. The van der Waals surface area contributed by atoms with E-state index in [1.165, 1.54) is 0 Å². The van der Waals surface area contributed by atoms with E-state index in [9.17, 15) is 0 Å². The molecule has 2 aliphatic heterocycles. The normalized spacial score (nSPS) is 19.8. The molecule has 8 nitrogen and oxygen atoms in total. The molecule has 2 saturated heterocycles. The van der Waals surface area contributed by atoms with Crippen molar-refractivity contribution in [3.8, 4) is 16.9 Å². The summed E-state index contributed by atoms with van der Waals surface area (Å²) in [5.74, 6) is 2.84. The van der Waals surface area contributed by atoms with Crippen LogP contribution in [0, 0.1) is 5.92 Å². The molecular weight excluding hydrogens is 561 g/mol. The maximum atomic E-state index is 6.48. The standard InChI is InChI=1S/C22H30ClN3O2.C9H11ClN2O/c1-15(2)12-22(3,24)14-28-20-5-4-16(10-19(20)23)17-6-8-25-21(11-17)26-18-7-9-27-13-18;10-7-1-3-11-9(5-7)12-8-2-4-13-6-8/h4-6,8,10-11,15,18H,7,9,12-14,24H2,1-3H3,(H,25,26);1,3,5,8H,2,4,6H2,(H,11,12)/t18?,22-;/m0./s1. The van der Waals surface area contributed by atoms with E-state index >= 15 is 0 Å². The summed E-state index contributed by atoms with van der Waals surface area (Å²) in [5.41, 5.74) is 8.01. The molecule has 4 N–H and O–H groups in total. The van der Waals surface area contributed by atoms with Crippen LogP contribution in [-0.4, -0.2) is 60.6 Å². The molecule has 0 amide bonds. The molecule has 0 saturated carbocycles. The third-order valence-corrected chi connectivity index (χ3v) is 7.27. The Morgan fingerprint density at radius 2 is 1.54 bits per heavy atom. The molecule has 1 aromatic carbocycles. The predicted octanol–water partition coefficient (Wildman–Crippen LogP) is 6.68. The fourth-order valence-electron chi connectivity index (χ4n) is 4.92. The van der Waals surface area contributed by atoms with Crippen molar-refractivity contribution in [1.82, 2.24) is 9.97 Å². The summed E-state index contributed by atoms with van der Waals surface area (Å²) in [6, 6.07) is 14.1. The first-order chi connectivity index (χ1) is 19.7. The number of aromatic nitrogens is 2. The van der Waals surface area contributed by atoms with Crippen molar-refractivity contribution in [3.05, 3.63) is 64.9 Å². The number of hydrogen-bond acceptors (Lipinski definition) is 8. The Morgan fingerprint density at radius 3 is 2.10 bits per heavy atom. The summed E-state index contributed by atoms with van der Waals surface area (Å²) in [4.78, 5) is 8.56. The van der Waals surface area contributed by atoms with Crippen LogP contribution in [0.4, 0.5) is 11.6 Å². The van der Waals surface area contributed by atoms with E-state index < -0.39 is 0 Å². The van der Waals surface area contributed by atoms with Crippen LogP contribution >= 0.6 is 23.2 Å². The third-order valence-electron chi connectivity index (χ3n) is 6.74. The number of hydrogen-bond donors (Lipinski definition) is 3. The van der Waals surface area contributed by atoms with Crippen molar-refractivity contribution < 1.29 is 14.2 Å². The van der Waals surface area contributed by atoms with E-state index in [1.807, 2.05) is 43.3 Å². The van der Waals surface area contributed by atoms with E-state index in [1.54, 1.807) is 18.5 Å². The number of benzene rings is 1. The van der Waals surface area contributed by atoms with Gasteiger partial charge in [-0.05, 0) is 79.6 Å². The van der Waals surface area contributed by atoms with Gasteiger partial charge in [-0.15, -0.1) is 0 Å². The molecule has 10 heteroatoms. The number of rotatable bonds is 10. The minimum Gasteiger partial charge on any atom is -0.490 e. The van der Waals surface area contributed by atoms with E-state index in [0.29, 0.717) is 40.4 Å². The maximum Gasteiger partial charge on any atom is 0.138 e. The van der Waals surface area contributed by atoms with Gasteiger partial charge in [0.15, 0.2) is 0 Å². The highest BCUT2D eigenvalue weighted by molar-refractivity contribution is 6.32. The van der Waals surface area contributed by atoms with Gasteiger partial charge >= 0.3 is 0 Å². The van der Waals surface area contributed by atoms with E-state index in [0.717, 1.165) is 68.5 Å². The number of pyridine rings is 2. The molecule has 0 aliphatic carbocycles. The van der Waals surface area contributed by atoms with Crippen LogP contribution in [0.2, 0.25) is 10.0 Å². The zero-order valence-corrected chi connectivity index (χ0v) is 25.5. The lowest BCUT2D eigenvalue weighted by molar-refractivity contribution is 0.195. The Morgan fingerprint density at radius 1 is 0.927 bits per heavy atom. The SMILES string of the molecule is CC(C)C[C@](C)(N)COc1ccc(-c2ccnc(NC3CCOC3)c2)cc1Cl.Clc1ccnc(NC2CCOC2)c1. The maximum absolute atomic E-state index is 6.48. The molecule has 2 aromatic heterocycles. The quantitative estimate of drug-likeness (QED) is 0.236. The number of nitrogens with zero attached hydrogens (tertiary/aromatic N) is 2. The Labute approximate surface area is 253 Å². The van der Waals surface area contributed by atoms with Crippen molar-refractivity contribution in [2.75, 3.05) is 43.7 Å². The molecule has 0 spiro atoms. The van der Waals surface area contributed by atoms with E-state index in [2.05, 4.69) is 34.4 Å². The lowest BCUT2D eigenvalue weighted by atomic mass is 9.93. The highest BCUT2D eigenvalue weighted by Gasteiger charge is 2.22. The molecule has 2 fully saturated rings. The van der Waals surface area contributed by atoms with Crippen LogP contribution in [-0.2, 0) is 9.47 Å². The van der Waals surface area contributed by atoms with Crippen LogP contribution < -0.4 is 21.1 Å². The van der Waals surface area contributed by atoms with Crippen molar-refractivity contribution in [2.45, 2.75) is 57.7 Å². The van der Waals surface area contributed by atoms with Crippen LogP contribution in [0.1, 0.15) is 40.0 Å². The molecule has 222 valence electrons. The summed E-state index contributed by atoms with van der Waals surface area (Å²) in [6.45, 7) is 9.86. The first-order valence-corrected chi connectivity index (χ1v) is 14.9. The predicted molar refractivity (Wildman–Crippen MR) is 167 cm³/mol. The van der Waals surface area contributed by atoms with E-state index in [-0.39, 0.29) is 5.54 Å². The summed E-state index contributed by atoms with van der Waals surface area (Å²) in [6.07, 6.45) is 6.43. The van der Waals surface area contributed by atoms with Gasteiger partial charge in [0, 0.05) is 36.2 Å². The van der Waals surface area contributed by atoms with Gasteiger partial charge in [0.2, 0.25) is 0 Å². The summed E-state index contributed by atoms with van der Waals surface area (Å²) < 4.78 is 16.6. The average molecular weight is 603 g/mol. The number of nitrogens with one attached hydrogen (secondary N) is 2. The largest absolute Gasteiger partial charge is 0.490 e. The van der Waals surface area contributed by atoms with Crippen LogP contribution in [0.3, 0.4) is 0 Å². The third kappa shape index (κ3) is 10.3. The van der Waals surface area contributed by atoms with Gasteiger partial charge in [-0.2, -0.15) is 0 Å². The smallest absolute Gasteiger partial charge is 0.138 e. The number of halogens is 2. The number of ether oxygens (including phenoxy) is 3. The fraction of sp³-hybridized carbons (Fsp3) is 0.484. The van der Waals surface area contributed by atoms with Crippen molar-refractivity contribution >= 4 is 34.8 Å². The lowest BCUT2D eigenvalue weighted by Crippen LogP contribution is -2.43. The molecule has 2 aliphatic rings. The Balaban J connectivity index is 0.000000247. The summed E-state index contributed by atoms with van der Waals surface area (Å²) in [7, 11) is 0. The van der Waals surface area contributed by atoms with Gasteiger partial charge in [-0.25, -0.2) is 9.97 Å². The molecule has 3 atom stereocenters. The minimum atomic E-state index is -0.383. The number of anilines is 2.